The summed E-state index contributed by atoms with van der Waals surface area (Å²) in [5.74, 6) is 0.0225. The molecular formula is C14H12N4O5S2. The Kier molecular flexibility index (Phi) is 5.62. The number of benzene rings is 2. The first-order valence-electron chi connectivity index (χ1n) is 6.66. The van der Waals surface area contributed by atoms with Crippen molar-refractivity contribution >= 4 is 39.4 Å². The second-order valence-electron chi connectivity index (χ2n) is 4.56. The highest BCUT2D eigenvalue weighted by molar-refractivity contribution is 7.87. The molecule has 2 rings (SSSR count). The maximum absolute atomic E-state index is 12.3. The van der Waals surface area contributed by atoms with Gasteiger partial charge in [0.15, 0.2) is 10.9 Å². The Bertz CT molecular complexity index is 926. The monoisotopic (exact) mass is 380 g/mol. The average molecular weight is 380 g/mol. The van der Waals surface area contributed by atoms with Gasteiger partial charge < -0.3 is 9.92 Å². The smallest absolute Gasteiger partial charge is 0.339 e. The fourth-order valence-corrected chi connectivity index (χ4v) is 2.74. The van der Waals surface area contributed by atoms with E-state index in [-0.39, 0.29) is 21.4 Å². The molecule has 130 valence electrons. The minimum Gasteiger partial charge on any atom is -0.378 e. The summed E-state index contributed by atoms with van der Waals surface area (Å²) >= 11 is 4.60. The minimum atomic E-state index is -4.17. The topological polar surface area (TPSA) is 137 Å². The molecule has 0 atom stereocenters. The van der Waals surface area contributed by atoms with Gasteiger partial charge in [0.2, 0.25) is 0 Å². The molecule has 9 nitrogen and oxygen atoms in total. The second kappa shape index (κ2) is 7.68. The number of thiocarbonyl (C=S) groups is 1. The number of hydrogen-bond acceptors (Lipinski definition) is 7. The van der Waals surface area contributed by atoms with E-state index in [2.05, 4.69) is 22.7 Å². The first kappa shape index (κ1) is 18.3. The van der Waals surface area contributed by atoms with Crippen molar-refractivity contribution in [2.45, 2.75) is 4.90 Å². The highest BCUT2D eigenvalue weighted by Gasteiger charge is 2.19. The normalized spacial score (nSPS) is 11.2. The highest BCUT2D eigenvalue weighted by atomic mass is 32.2. The Morgan fingerprint density at radius 1 is 1.24 bits per heavy atom. The number of rotatable bonds is 6. The molecule has 0 spiro atoms. The molecule has 0 unspecified atom stereocenters. The molecule has 3 N–H and O–H groups in total. The van der Waals surface area contributed by atoms with Gasteiger partial charge in [-0.15, -0.1) is 0 Å². The van der Waals surface area contributed by atoms with Crippen molar-refractivity contribution in [1.82, 2.24) is 5.43 Å². The van der Waals surface area contributed by atoms with Gasteiger partial charge in [0, 0.05) is 17.7 Å². The summed E-state index contributed by atoms with van der Waals surface area (Å²) in [5.41, 5.74) is 7.71. The van der Waals surface area contributed by atoms with E-state index in [1.165, 1.54) is 12.3 Å². The van der Waals surface area contributed by atoms with Gasteiger partial charge in [-0.25, -0.2) is 0 Å². The molecule has 11 heteroatoms. The van der Waals surface area contributed by atoms with E-state index in [0.717, 1.165) is 24.3 Å². The number of nitrogens with two attached hydrogens (primary N) is 1. The van der Waals surface area contributed by atoms with Crippen LogP contribution in [-0.2, 0) is 10.1 Å². The van der Waals surface area contributed by atoms with Crippen LogP contribution in [-0.4, -0.2) is 24.7 Å². The third-order valence-electron chi connectivity index (χ3n) is 2.83. The largest absolute Gasteiger partial charge is 0.378 e. The van der Waals surface area contributed by atoms with Crippen LogP contribution in [0.1, 0.15) is 5.56 Å². The zero-order valence-corrected chi connectivity index (χ0v) is 14.2. The second-order valence-corrected chi connectivity index (χ2v) is 6.55. The Morgan fingerprint density at radius 2 is 1.88 bits per heavy atom. The molecule has 0 saturated carbocycles. The number of non-ortho nitro benzene ring substituents is 1. The quantitative estimate of drug-likeness (QED) is 0.253. The molecule has 0 aromatic heterocycles. The van der Waals surface area contributed by atoms with Crippen LogP contribution in [0.3, 0.4) is 0 Å². The lowest BCUT2D eigenvalue weighted by atomic mass is 10.2. The molecule has 0 saturated heterocycles. The van der Waals surface area contributed by atoms with Crippen molar-refractivity contribution in [2.24, 2.45) is 10.8 Å². The van der Waals surface area contributed by atoms with Crippen molar-refractivity contribution in [3.05, 3.63) is 64.2 Å². The third kappa shape index (κ3) is 4.96. The van der Waals surface area contributed by atoms with Gasteiger partial charge in [-0.2, -0.15) is 13.5 Å². The maximum atomic E-state index is 12.3. The van der Waals surface area contributed by atoms with E-state index in [1.807, 2.05) is 0 Å². The van der Waals surface area contributed by atoms with Gasteiger partial charge in [0.05, 0.1) is 11.1 Å². The molecule has 0 radical (unpaired) electrons. The van der Waals surface area contributed by atoms with Crippen LogP contribution >= 0.6 is 12.2 Å². The Balaban J connectivity index is 2.27. The third-order valence-corrected chi connectivity index (χ3v) is 4.17. The van der Waals surface area contributed by atoms with E-state index in [0.29, 0.717) is 5.56 Å². The Hall–Kier alpha value is -3.05. The summed E-state index contributed by atoms with van der Waals surface area (Å²) in [6, 6.07) is 10.6. The predicted molar refractivity (Wildman–Crippen MR) is 94.9 cm³/mol. The van der Waals surface area contributed by atoms with E-state index >= 15 is 0 Å². The van der Waals surface area contributed by atoms with Gasteiger partial charge in [-0.3, -0.25) is 15.5 Å². The first-order chi connectivity index (χ1) is 11.8. The SMILES string of the molecule is NC(=S)N/N=C\c1ccccc1OS(=O)(=O)c1ccc([N+](=O)[O-])cc1. The number of hydrogen-bond donors (Lipinski definition) is 2. The van der Waals surface area contributed by atoms with Crippen LogP contribution in [0.2, 0.25) is 0 Å². The van der Waals surface area contributed by atoms with Gasteiger partial charge >= 0.3 is 10.1 Å². The minimum absolute atomic E-state index is 0.0225. The van der Waals surface area contributed by atoms with Crippen molar-refractivity contribution in [3.8, 4) is 5.75 Å². The van der Waals surface area contributed by atoms with Gasteiger partial charge in [-0.05, 0) is 36.5 Å². The molecule has 0 aliphatic heterocycles. The van der Waals surface area contributed by atoms with Crippen LogP contribution < -0.4 is 15.3 Å². The van der Waals surface area contributed by atoms with Crippen molar-refractivity contribution in [3.63, 3.8) is 0 Å². The van der Waals surface area contributed by atoms with E-state index in [4.69, 9.17) is 9.92 Å². The van der Waals surface area contributed by atoms with Crippen LogP contribution in [0.5, 0.6) is 5.75 Å². The summed E-state index contributed by atoms with van der Waals surface area (Å²) in [6.45, 7) is 0. The summed E-state index contributed by atoms with van der Waals surface area (Å²) in [5, 5.41) is 14.3. The number of nitro groups is 1. The van der Waals surface area contributed by atoms with Crippen LogP contribution in [0, 0.1) is 10.1 Å². The predicted octanol–water partition coefficient (Wildman–Crippen LogP) is 1.53. The maximum Gasteiger partial charge on any atom is 0.339 e. The highest BCUT2D eigenvalue weighted by Crippen LogP contribution is 2.23. The summed E-state index contributed by atoms with van der Waals surface area (Å²) in [6.07, 6.45) is 1.29. The molecule has 2 aromatic rings. The average Bonchev–Trinajstić information content (AvgIpc) is 2.56. The molecule has 2 aromatic carbocycles. The zero-order valence-electron chi connectivity index (χ0n) is 12.5. The van der Waals surface area contributed by atoms with Gasteiger partial charge in [-0.1, -0.05) is 12.1 Å². The Labute approximate surface area is 148 Å². The first-order valence-corrected chi connectivity index (χ1v) is 8.48. The summed E-state index contributed by atoms with van der Waals surface area (Å²) < 4.78 is 29.7. The van der Waals surface area contributed by atoms with Gasteiger partial charge in [0.25, 0.3) is 5.69 Å². The van der Waals surface area contributed by atoms with Crippen LogP contribution in [0.25, 0.3) is 0 Å². The zero-order chi connectivity index (χ0) is 18.4. The van der Waals surface area contributed by atoms with Crippen molar-refractivity contribution in [1.29, 1.82) is 0 Å². The number of nitrogens with one attached hydrogen (secondary N) is 1. The Morgan fingerprint density at radius 3 is 2.48 bits per heavy atom. The molecule has 0 aliphatic rings. The van der Waals surface area contributed by atoms with Crippen LogP contribution in [0.15, 0.2) is 58.5 Å². The molecule has 0 amide bonds. The summed E-state index contributed by atoms with van der Waals surface area (Å²) in [7, 11) is -4.17. The molecule has 0 bridgehead atoms. The number of nitro benzene ring substituents is 1. The number of hydrazone groups is 1. The van der Waals surface area contributed by atoms with Gasteiger partial charge in [0.1, 0.15) is 4.90 Å². The lowest BCUT2D eigenvalue weighted by Gasteiger charge is -2.09. The van der Waals surface area contributed by atoms with E-state index in [1.54, 1.807) is 18.2 Å². The lowest BCUT2D eigenvalue weighted by molar-refractivity contribution is -0.384. The van der Waals surface area contributed by atoms with E-state index < -0.39 is 15.0 Å². The van der Waals surface area contributed by atoms with Crippen molar-refractivity contribution < 1.29 is 17.5 Å². The van der Waals surface area contributed by atoms with Crippen molar-refractivity contribution in [2.75, 3.05) is 0 Å². The van der Waals surface area contributed by atoms with E-state index in [9.17, 15) is 18.5 Å². The molecule has 0 aliphatic carbocycles. The standard InChI is InChI=1S/C14H12N4O5S2/c15-14(24)17-16-9-10-3-1-2-4-13(10)23-25(21,22)12-7-5-11(6-8-12)18(19)20/h1-9H,(H3,15,17,24)/b16-9-. The van der Waals surface area contributed by atoms with Crippen LogP contribution in [0.4, 0.5) is 5.69 Å². The molecule has 0 fully saturated rings. The molecule has 25 heavy (non-hydrogen) atoms. The lowest BCUT2D eigenvalue weighted by Crippen LogP contribution is -2.24. The summed E-state index contributed by atoms with van der Waals surface area (Å²) in [4.78, 5) is 9.79. The molecular weight excluding hydrogens is 368 g/mol. The number of para-hydroxylation sites is 1. The fraction of sp³-hybridized carbons (Fsp3) is 0. The number of nitrogens with zero attached hydrogens (tertiary/aromatic N) is 2. The fourth-order valence-electron chi connectivity index (χ4n) is 1.73. The molecule has 0 heterocycles.